The van der Waals surface area contributed by atoms with Crippen molar-refractivity contribution in [3.8, 4) is 0 Å². The second-order valence-electron chi connectivity index (χ2n) is 5.70. The molecular formula is C17H24N2. The fourth-order valence-electron chi connectivity index (χ4n) is 3.30. The van der Waals surface area contributed by atoms with Gasteiger partial charge in [0.15, 0.2) is 0 Å². The maximum Gasteiger partial charge on any atom is 0.0449 e. The summed E-state index contributed by atoms with van der Waals surface area (Å²) < 4.78 is 0. The van der Waals surface area contributed by atoms with Crippen LogP contribution in [0.1, 0.15) is 37.3 Å². The van der Waals surface area contributed by atoms with E-state index in [2.05, 4.69) is 52.7 Å². The molecule has 1 aliphatic carbocycles. The number of hydrogen-bond donors (Lipinski definition) is 1. The molecule has 2 heteroatoms. The van der Waals surface area contributed by atoms with Gasteiger partial charge in [0, 0.05) is 18.6 Å². The van der Waals surface area contributed by atoms with Gasteiger partial charge in [-0.2, -0.15) is 0 Å². The van der Waals surface area contributed by atoms with Crippen molar-refractivity contribution in [2.45, 2.75) is 37.8 Å². The van der Waals surface area contributed by atoms with Crippen molar-refractivity contribution in [3.05, 3.63) is 48.0 Å². The van der Waals surface area contributed by atoms with Crippen molar-refractivity contribution in [1.29, 1.82) is 0 Å². The van der Waals surface area contributed by atoms with Crippen molar-refractivity contribution >= 4 is 0 Å². The van der Waals surface area contributed by atoms with E-state index in [1.54, 1.807) is 0 Å². The minimum absolute atomic E-state index is 0.495. The summed E-state index contributed by atoms with van der Waals surface area (Å²) in [5.74, 6) is 0. The zero-order valence-electron chi connectivity index (χ0n) is 11.6. The Labute approximate surface area is 116 Å². The smallest absolute Gasteiger partial charge is 0.0449 e. The second kappa shape index (κ2) is 6.36. The van der Waals surface area contributed by atoms with Crippen molar-refractivity contribution in [3.63, 3.8) is 0 Å². The SMILES string of the molecule is C1=CCC(N2CCCNC(c3ccccc3)C2)CC1. The molecule has 1 N–H and O–H groups in total. The minimum Gasteiger partial charge on any atom is -0.309 e. The summed E-state index contributed by atoms with van der Waals surface area (Å²) in [6, 6.07) is 12.2. The van der Waals surface area contributed by atoms with Crippen LogP contribution in [0, 0.1) is 0 Å². The lowest BCUT2D eigenvalue weighted by Gasteiger charge is -2.33. The molecular weight excluding hydrogens is 232 g/mol. The zero-order chi connectivity index (χ0) is 12.9. The summed E-state index contributed by atoms with van der Waals surface area (Å²) in [7, 11) is 0. The first-order valence-corrected chi connectivity index (χ1v) is 7.61. The summed E-state index contributed by atoms with van der Waals surface area (Å²) in [5, 5.41) is 3.71. The zero-order valence-corrected chi connectivity index (χ0v) is 11.6. The number of nitrogens with zero attached hydrogens (tertiary/aromatic N) is 1. The standard InChI is InChI=1S/C17H24N2/c1-3-8-15(9-4-1)17-14-19(13-7-12-18-17)16-10-5-2-6-11-16/h1-5,8-9,16-18H,6-7,10-14H2. The van der Waals surface area contributed by atoms with Gasteiger partial charge < -0.3 is 5.32 Å². The Morgan fingerprint density at radius 2 is 2.00 bits per heavy atom. The third-order valence-electron chi connectivity index (χ3n) is 4.39. The molecule has 2 unspecified atom stereocenters. The van der Waals surface area contributed by atoms with Gasteiger partial charge in [-0.05, 0) is 44.3 Å². The molecule has 102 valence electrons. The van der Waals surface area contributed by atoms with E-state index in [1.165, 1.54) is 37.8 Å². The van der Waals surface area contributed by atoms with Gasteiger partial charge in [-0.15, -0.1) is 0 Å². The molecule has 2 aliphatic rings. The maximum atomic E-state index is 3.71. The molecule has 0 aromatic heterocycles. The molecule has 1 aromatic rings. The van der Waals surface area contributed by atoms with Crippen molar-refractivity contribution in [2.75, 3.05) is 19.6 Å². The van der Waals surface area contributed by atoms with Crippen LogP contribution < -0.4 is 5.32 Å². The quantitative estimate of drug-likeness (QED) is 0.818. The van der Waals surface area contributed by atoms with E-state index in [4.69, 9.17) is 0 Å². The van der Waals surface area contributed by atoms with E-state index >= 15 is 0 Å². The molecule has 1 saturated heterocycles. The molecule has 0 saturated carbocycles. The topological polar surface area (TPSA) is 15.3 Å². The van der Waals surface area contributed by atoms with Gasteiger partial charge in [-0.25, -0.2) is 0 Å². The Morgan fingerprint density at radius 1 is 1.11 bits per heavy atom. The van der Waals surface area contributed by atoms with Crippen LogP contribution in [-0.4, -0.2) is 30.6 Å². The summed E-state index contributed by atoms with van der Waals surface area (Å²) in [4.78, 5) is 2.71. The Balaban J connectivity index is 1.70. The lowest BCUT2D eigenvalue weighted by atomic mass is 9.99. The van der Waals surface area contributed by atoms with E-state index in [0.29, 0.717) is 6.04 Å². The van der Waals surface area contributed by atoms with Crippen LogP contribution in [0.5, 0.6) is 0 Å². The number of hydrogen-bond acceptors (Lipinski definition) is 2. The highest BCUT2D eigenvalue weighted by Gasteiger charge is 2.24. The average Bonchev–Trinajstić information content (AvgIpc) is 2.75. The molecule has 3 rings (SSSR count). The first-order valence-electron chi connectivity index (χ1n) is 7.61. The number of rotatable bonds is 2. The molecule has 0 radical (unpaired) electrons. The Hall–Kier alpha value is -1.12. The van der Waals surface area contributed by atoms with Gasteiger partial charge in [0.25, 0.3) is 0 Å². The van der Waals surface area contributed by atoms with E-state index in [-0.39, 0.29) is 0 Å². The fraction of sp³-hybridized carbons (Fsp3) is 0.529. The van der Waals surface area contributed by atoms with Crippen molar-refractivity contribution in [2.24, 2.45) is 0 Å². The normalized spacial score (nSPS) is 29.1. The summed E-state index contributed by atoms with van der Waals surface area (Å²) >= 11 is 0. The van der Waals surface area contributed by atoms with E-state index in [0.717, 1.165) is 19.1 Å². The van der Waals surface area contributed by atoms with Crippen LogP contribution >= 0.6 is 0 Å². The molecule has 0 spiro atoms. The lowest BCUT2D eigenvalue weighted by molar-refractivity contribution is 0.181. The summed E-state index contributed by atoms with van der Waals surface area (Å²) in [6.07, 6.45) is 9.79. The first-order chi connectivity index (χ1) is 9.43. The van der Waals surface area contributed by atoms with Crippen molar-refractivity contribution < 1.29 is 0 Å². The van der Waals surface area contributed by atoms with Gasteiger partial charge in [0.05, 0.1) is 0 Å². The molecule has 0 amide bonds. The van der Waals surface area contributed by atoms with Gasteiger partial charge in [-0.1, -0.05) is 42.5 Å². The highest BCUT2D eigenvalue weighted by molar-refractivity contribution is 5.19. The molecule has 2 nitrogen and oxygen atoms in total. The fourth-order valence-corrected chi connectivity index (χ4v) is 3.30. The lowest BCUT2D eigenvalue weighted by Crippen LogP contribution is -2.39. The van der Waals surface area contributed by atoms with Crippen LogP contribution in [0.3, 0.4) is 0 Å². The maximum absolute atomic E-state index is 3.71. The Kier molecular flexibility index (Phi) is 4.31. The van der Waals surface area contributed by atoms with Crippen LogP contribution in [0.2, 0.25) is 0 Å². The summed E-state index contributed by atoms with van der Waals surface area (Å²) in [5.41, 5.74) is 1.43. The monoisotopic (exact) mass is 256 g/mol. The molecule has 1 aliphatic heterocycles. The van der Waals surface area contributed by atoms with E-state index in [9.17, 15) is 0 Å². The first kappa shape index (κ1) is 12.9. The number of benzene rings is 1. The van der Waals surface area contributed by atoms with Crippen LogP contribution in [0.15, 0.2) is 42.5 Å². The second-order valence-corrected chi connectivity index (χ2v) is 5.70. The van der Waals surface area contributed by atoms with Gasteiger partial charge in [0.2, 0.25) is 0 Å². The van der Waals surface area contributed by atoms with Gasteiger partial charge >= 0.3 is 0 Å². The number of allylic oxidation sites excluding steroid dienone is 1. The van der Waals surface area contributed by atoms with E-state index < -0.39 is 0 Å². The molecule has 2 atom stereocenters. The highest BCUT2D eigenvalue weighted by atomic mass is 15.2. The molecule has 1 fully saturated rings. The molecule has 1 aromatic carbocycles. The predicted octanol–water partition coefficient (Wildman–Crippen LogP) is 3.13. The molecule has 1 heterocycles. The van der Waals surface area contributed by atoms with Gasteiger partial charge in [-0.3, -0.25) is 4.90 Å². The van der Waals surface area contributed by atoms with Crippen LogP contribution in [0.4, 0.5) is 0 Å². The van der Waals surface area contributed by atoms with Crippen LogP contribution in [0.25, 0.3) is 0 Å². The molecule has 19 heavy (non-hydrogen) atoms. The number of nitrogens with one attached hydrogen (secondary N) is 1. The van der Waals surface area contributed by atoms with Gasteiger partial charge in [0.1, 0.15) is 0 Å². The van der Waals surface area contributed by atoms with E-state index in [1.807, 2.05) is 0 Å². The highest BCUT2D eigenvalue weighted by Crippen LogP contribution is 2.23. The largest absolute Gasteiger partial charge is 0.309 e. The van der Waals surface area contributed by atoms with Crippen LogP contribution in [-0.2, 0) is 0 Å². The van der Waals surface area contributed by atoms with Crippen molar-refractivity contribution in [1.82, 2.24) is 10.2 Å². The Bertz CT molecular complexity index is 413. The molecule has 0 bridgehead atoms. The average molecular weight is 256 g/mol. The predicted molar refractivity (Wildman–Crippen MR) is 80.2 cm³/mol. The Morgan fingerprint density at radius 3 is 2.79 bits per heavy atom. The third-order valence-corrected chi connectivity index (χ3v) is 4.39. The third kappa shape index (κ3) is 3.26. The minimum atomic E-state index is 0.495. The summed E-state index contributed by atoms with van der Waals surface area (Å²) in [6.45, 7) is 3.54.